The van der Waals surface area contributed by atoms with Crippen LogP contribution < -0.4 is 15.0 Å². The van der Waals surface area contributed by atoms with Crippen molar-refractivity contribution in [2.45, 2.75) is 25.3 Å². The van der Waals surface area contributed by atoms with Crippen LogP contribution in [0.25, 0.3) is 0 Å². The molecule has 6 heteroatoms. The summed E-state index contributed by atoms with van der Waals surface area (Å²) < 4.78 is 5.57. The largest absolute Gasteiger partial charge is 0.484 e. The SMILES string of the molecule is CN1CCc2cc([C@@H](CNC(=O)COc3ccc(Cl)cc3)N3CCCC3)ccc21. The molecule has 0 aromatic heterocycles. The summed E-state index contributed by atoms with van der Waals surface area (Å²) in [5.74, 6) is 0.536. The summed E-state index contributed by atoms with van der Waals surface area (Å²) in [6.45, 7) is 3.84. The van der Waals surface area contributed by atoms with Gasteiger partial charge in [-0.1, -0.05) is 23.7 Å². The molecule has 0 bridgehead atoms. The van der Waals surface area contributed by atoms with Crippen LogP contribution >= 0.6 is 11.6 Å². The molecule has 0 unspecified atom stereocenters. The molecule has 1 N–H and O–H groups in total. The maximum absolute atomic E-state index is 12.4. The number of halogens is 1. The topological polar surface area (TPSA) is 44.8 Å². The molecule has 2 aliphatic rings. The number of hydrogen-bond acceptors (Lipinski definition) is 4. The van der Waals surface area contributed by atoms with E-state index in [9.17, 15) is 4.79 Å². The lowest BCUT2D eigenvalue weighted by atomic mass is 10.0. The smallest absolute Gasteiger partial charge is 0.258 e. The second-order valence-electron chi connectivity index (χ2n) is 7.87. The second kappa shape index (κ2) is 9.06. The predicted molar refractivity (Wildman–Crippen MR) is 117 cm³/mol. The number of benzene rings is 2. The molecule has 1 amide bonds. The van der Waals surface area contributed by atoms with Gasteiger partial charge in [-0.05, 0) is 73.8 Å². The third kappa shape index (κ3) is 4.85. The fourth-order valence-corrected chi connectivity index (χ4v) is 4.37. The number of hydrogen-bond donors (Lipinski definition) is 1. The van der Waals surface area contributed by atoms with E-state index in [4.69, 9.17) is 16.3 Å². The molecule has 0 spiro atoms. The fraction of sp³-hybridized carbons (Fsp3) is 0.435. The van der Waals surface area contributed by atoms with E-state index >= 15 is 0 Å². The third-order valence-corrected chi connectivity index (χ3v) is 6.13. The zero-order valence-electron chi connectivity index (χ0n) is 16.9. The number of fused-ring (bicyclic) bond motifs is 1. The van der Waals surface area contributed by atoms with Crippen molar-refractivity contribution in [3.8, 4) is 5.75 Å². The number of nitrogens with one attached hydrogen (secondary N) is 1. The van der Waals surface area contributed by atoms with Crippen molar-refractivity contribution in [3.05, 3.63) is 58.6 Å². The average Bonchev–Trinajstić information content (AvgIpc) is 3.38. The van der Waals surface area contributed by atoms with Crippen LogP contribution in [0.15, 0.2) is 42.5 Å². The molecule has 1 saturated heterocycles. The average molecular weight is 414 g/mol. The van der Waals surface area contributed by atoms with Crippen LogP contribution in [-0.2, 0) is 11.2 Å². The van der Waals surface area contributed by atoms with Crippen LogP contribution in [0.5, 0.6) is 5.75 Å². The van der Waals surface area contributed by atoms with Crippen LogP contribution in [0.1, 0.15) is 30.0 Å². The number of rotatable bonds is 7. The lowest BCUT2D eigenvalue weighted by Gasteiger charge is -2.29. The first-order valence-electron chi connectivity index (χ1n) is 10.3. The van der Waals surface area contributed by atoms with Gasteiger partial charge >= 0.3 is 0 Å². The number of likely N-dealkylation sites (N-methyl/N-ethyl adjacent to an activating group) is 1. The maximum atomic E-state index is 12.4. The fourth-order valence-electron chi connectivity index (χ4n) is 4.25. The molecule has 2 heterocycles. The lowest BCUT2D eigenvalue weighted by molar-refractivity contribution is -0.123. The van der Waals surface area contributed by atoms with Crippen molar-refractivity contribution in [1.29, 1.82) is 0 Å². The molecule has 1 fully saturated rings. The summed E-state index contributed by atoms with van der Waals surface area (Å²) in [5.41, 5.74) is 4.03. The van der Waals surface area contributed by atoms with Gasteiger partial charge in [0.2, 0.25) is 0 Å². The Kier molecular flexibility index (Phi) is 6.26. The highest BCUT2D eigenvalue weighted by atomic mass is 35.5. The molecule has 4 rings (SSSR count). The standard InChI is InChI=1S/C23H28ClN3O2/c1-26-13-10-18-14-17(4-9-21(18)26)22(27-11-2-3-12-27)15-25-23(28)16-29-20-7-5-19(24)6-8-20/h4-9,14,22H,2-3,10-13,15-16H2,1H3,(H,25,28)/t22-/m1/s1. The zero-order chi connectivity index (χ0) is 20.2. The molecular formula is C23H28ClN3O2. The summed E-state index contributed by atoms with van der Waals surface area (Å²) in [5, 5.41) is 3.72. The van der Waals surface area contributed by atoms with Gasteiger partial charge in [0.05, 0.1) is 6.04 Å². The highest BCUT2D eigenvalue weighted by Crippen LogP contribution is 2.32. The molecule has 154 valence electrons. The molecule has 1 atom stereocenters. The van der Waals surface area contributed by atoms with E-state index in [1.165, 1.54) is 29.7 Å². The molecular weight excluding hydrogens is 386 g/mol. The van der Waals surface area contributed by atoms with Crippen LogP contribution in [0, 0.1) is 0 Å². The summed E-state index contributed by atoms with van der Waals surface area (Å²) in [6, 6.07) is 14.0. The summed E-state index contributed by atoms with van der Waals surface area (Å²) in [4.78, 5) is 17.2. The molecule has 5 nitrogen and oxygen atoms in total. The first-order chi connectivity index (χ1) is 14.1. The Morgan fingerprint density at radius 1 is 1.14 bits per heavy atom. The van der Waals surface area contributed by atoms with Crippen molar-refractivity contribution in [2.24, 2.45) is 0 Å². The molecule has 2 aromatic rings. The Labute approximate surface area is 177 Å². The van der Waals surface area contributed by atoms with Gasteiger partial charge in [0.25, 0.3) is 5.91 Å². The number of ether oxygens (including phenoxy) is 1. The molecule has 2 aliphatic heterocycles. The molecule has 2 aromatic carbocycles. The normalized spacial score (nSPS) is 17.2. The van der Waals surface area contributed by atoms with Crippen LogP contribution in [0.3, 0.4) is 0 Å². The van der Waals surface area contributed by atoms with E-state index in [1.54, 1.807) is 24.3 Å². The molecule has 0 radical (unpaired) electrons. The minimum absolute atomic E-state index is 0.00331. The minimum atomic E-state index is -0.106. The number of carbonyl (C=O) groups is 1. The van der Waals surface area contributed by atoms with Crippen LogP contribution in [0.2, 0.25) is 5.02 Å². The van der Waals surface area contributed by atoms with E-state index in [2.05, 4.69) is 40.4 Å². The zero-order valence-corrected chi connectivity index (χ0v) is 17.6. The van der Waals surface area contributed by atoms with Crippen LogP contribution in [0.4, 0.5) is 5.69 Å². The van der Waals surface area contributed by atoms with Gasteiger partial charge < -0.3 is 15.0 Å². The molecule has 29 heavy (non-hydrogen) atoms. The Hall–Kier alpha value is -2.24. The number of likely N-dealkylation sites (tertiary alicyclic amines) is 1. The Morgan fingerprint density at radius 2 is 1.90 bits per heavy atom. The Balaban J connectivity index is 1.38. The van der Waals surface area contributed by atoms with Gasteiger partial charge in [0.1, 0.15) is 5.75 Å². The maximum Gasteiger partial charge on any atom is 0.258 e. The van der Waals surface area contributed by atoms with E-state index in [1.807, 2.05) is 0 Å². The van der Waals surface area contributed by atoms with E-state index < -0.39 is 0 Å². The first kappa shape index (κ1) is 20.0. The molecule has 0 saturated carbocycles. The lowest BCUT2D eigenvalue weighted by Crippen LogP contribution is -2.38. The predicted octanol–water partition coefficient (Wildman–Crippen LogP) is 3.66. The number of amides is 1. The van der Waals surface area contributed by atoms with Crippen molar-refractivity contribution in [1.82, 2.24) is 10.2 Å². The second-order valence-corrected chi connectivity index (χ2v) is 8.30. The Morgan fingerprint density at radius 3 is 2.66 bits per heavy atom. The van der Waals surface area contributed by atoms with E-state index in [0.717, 1.165) is 26.1 Å². The number of nitrogens with zero attached hydrogens (tertiary/aromatic N) is 2. The molecule has 0 aliphatic carbocycles. The van der Waals surface area contributed by atoms with Gasteiger partial charge in [-0.25, -0.2) is 0 Å². The highest BCUT2D eigenvalue weighted by molar-refractivity contribution is 6.30. The first-order valence-corrected chi connectivity index (χ1v) is 10.7. The van der Waals surface area contributed by atoms with Gasteiger partial charge in [0.15, 0.2) is 6.61 Å². The highest BCUT2D eigenvalue weighted by Gasteiger charge is 2.26. The summed E-state index contributed by atoms with van der Waals surface area (Å²) >= 11 is 5.88. The third-order valence-electron chi connectivity index (χ3n) is 5.87. The van der Waals surface area contributed by atoms with Crippen molar-refractivity contribution in [3.63, 3.8) is 0 Å². The number of carbonyl (C=O) groups excluding carboxylic acids is 1. The quantitative estimate of drug-likeness (QED) is 0.752. The van der Waals surface area contributed by atoms with Gasteiger partial charge in [-0.2, -0.15) is 0 Å². The Bertz CT molecular complexity index is 850. The van der Waals surface area contributed by atoms with Gasteiger partial charge in [-0.15, -0.1) is 0 Å². The minimum Gasteiger partial charge on any atom is -0.484 e. The van der Waals surface area contributed by atoms with E-state index in [0.29, 0.717) is 17.3 Å². The van der Waals surface area contributed by atoms with Gasteiger partial charge in [0, 0.05) is 30.8 Å². The van der Waals surface area contributed by atoms with Crippen molar-refractivity contribution < 1.29 is 9.53 Å². The van der Waals surface area contributed by atoms with E-state index in [-0.39, 0.29) is 18.6 Å². The number of anilines is 1. The van der Waals surface area contributed by atoms with Crippen molar-refractivity contribution >= 4 is 23.2 Å². The summed E-state index contributed by atoms with van der Waals surface area (Å²) in [7, 11) is 2.14. The van der Waals surface area contributed by atoms with Gasteiger partial charge in [-0.3, -0.25) is 9.69 Å². The van der Waals surface area contributed by atoms with Crippen LogP contribution in [-0.4, -0.2) is 50.6 Å². The van der Waals surface area contributed by atoms with Crippen molar-refractivity contribution in [2.75, 3.05) is 44.7 Å². The monoisotopic (exact) mass is 413 g/mol. The summed E-state index contributed by atoms with van der Waals surface area (Å²) in [6.07, 6.45) is 3.53.